The van der Waals surface area contributed by atoms with Gasteiger partial charge in [0.1, 0.15) is 0 Å². The minimum atomic E-state index is -0.543. The molecule has 0 bridgehead atoms. The van der Waals surface area contributed by atoms with Crippen LogP contribution in [0.15, 0.2) is 34.8 Å². The summed E-state index contributed by atoms with van der Waals surface area (Å²) in [5, 5.41) is 2.77. The number of hydrogen-bond acceptors (Lipinski definition) is 3. The van der Waals surface area contributed by atoms with Crippen LogP contribution < -0.4 is 5.32 Å². The van der Waals surface area contributed by atoms with Crippen molar-refractivity contribution in [1.82, 2.24) is 5.32 Å². The monoisotopic (exact) mass is 353 g/mol. The molecule has 0 unspecified atom stereocenters. The highest BCUT2D eigenvalue weighted by molar-refractivity contribution is 9.10. The minimum Gasteiger partial charge on any atom is -0.452 e. The van der Waals surface area contributed by atoms with E-state index in [4.69, 9.17) is 4.74 Å². The number of amides is 1. The fraction of sp³-hybridized carbons (Fsp3) is 0.375. The number of carbonyl (C=O) groups is 2. The van der Waals surface area contributed by atoms with Gasteiger partial charge in [0, 0.05) is 16.6 Å². The zero-order chi connectivity index (χ0) is 15.8. The van der Waals surface area contributed by atoms with Gasteiger partial charge in [-0.1, -0.05) is 48.0 Å². The molecule has 1 N–H and O–H groups in total. The molecule has 1 rings (SSSR count). The lowest BCUT2D eigenvalue weighted by molar-refractivity contribution is -0.144. The third-order valence-corrected chi connectivity index (χ3v) is 3.76. The third-order valence-electron chi connectivity index (χ3n) is 3.04. The van der Waals surface area contributed by atoms with Gasteiger partial charge in [0.2, 0.25) is 0 Å². The molecule has 4 nitrogen and oxygen atoms in total. The van der Waals surface area contributed by atoms with Crippen LogP contribution in [0.25, 0.3) is 6.08 Å². The summed E-state index contributed by atoms with van der Waals surface area (Å²) in [5.74, 6) is -0.503. The van der Waals surface area contributed by atoms with Crippen molar-refractivity contribution in [3.05, 3.63) is 40.4 Å². The third kappa shape index (κ3) is 6.58. The standard InChI is InChI=1S/C16H20BrNO3/c1-11(2)12(3)18-15(19)10-21-16(20)9-8-13-6-4-5-7-14(13)17/h4-9,11-12H,10H2,1-3H3,(H,18,19)/b9-8+/t12-/m0/s1. The molecule has 5 heteroatoms. The van der Waals surface area contributed by atoms with Gasteiger partial charge in [-0.25, -0.2) is 4.79 Å². The lowest BCUT2D eigenvalue weighted by Crippen LogP contribution is -2.38. The van der Waals surface area contributed by atoms with Crippen LogP contribution in [0.5, 0.6) is 0 Å². The minimum absolute atomic E-state index is 0.0482. The number of esters is 1. The highest BCUT2D eigenvalue weighted by Gasteiger charge is 2.11. The molecule has 0 aliphatic rings. The molecular weight excluding hydrogens is 334 g/mol. The molecule has 0 aliphatic carbocycles. The second-order valence-electron chi connectivity index (χ2n) is 5.06. The molecular formula is C16H20BrNO3. The zero-order valence-electron chi connectivity index (χ0n) is 12.4. The molecule has 0 radical (unpaired) electrons. The number of hydrogen-bond donors (Lipinski definition) is 1. The SMILES string of the molecule is CC(C)[C@H](C)NC(=O)COC(=O)/C=C/c1ccccc1Br. The summed E-state index contributed by atoms with van der Waals surface area (Å²) in [6, 6.07) is 7.56. The van der Waals surface area contributed by atoms with Crippen LogP contribution in [0.1, 0.15) is 26.3 Å². The van der Waals surface area contributed by atoms with E-state index in [-0.39, 0.29) is 18.6 Å². The Kier molecular flexibility index (Phi) is 7.15. The summed E-state index contributed by atoms with van der Waals surface area (Å²) in [5.41, 5.74) is 0.868. The van der Waals surface area contributed by atoms with E-state index < -0.39 is 5.97 Å². The molecule has 0 saturated heterocycles. The van der Waals surface area contributed by atoms with E-state index in [0.29, 0.717) is 5.92 Å². The zero-order valence-corrected chi connectivity index (χ0v) is 14.0. The highest BCUT2D eigenvalue weighted by Crippen LogP contribution is 2.17. The van der Waals surface area contributed by atoms with Gasteiger partial charge in [-0.3, -0.25) is 4.79 Å². The van der Waals surface area contributed by atoms with Gasteiger partial charge in [0.15, 0.2) is 6.61 Å². The van der Waals surface area contributed by atoms with E-state index in [0.717, 1.165) is 10.0 Å². The maximum atomic E-state index is 11.6. The molecule has 0 heterocycles. The number of rotatable bonds is 6. The Morgan fingerprint density at radius 2 is 1.95 bits per heavy atom. The van der Waals surface area contributed by atoms with Crippen LogP contribution in [-0.4, -0.2) is 24.5 Å². The Balaban J connectivity index is 2.41. The summed E-state index contributed by atoms with van der Waals surface area (Å²) >= 11 is 3.38. The van der Waals surface area contributed by atoms with E-state index in [1.165, 1.54) is 6.08 Å². The van der Waals surface area contributed by atoms with Gasteiger partial charge in [0.25, 0.3) is 5.91 Å². The number of carbonyl (C=O) groups excluding carboxylic acids is 2. The van der Waals surface area contributed by atoms with Crippen molar-refractivity contribution >= 4 is 33.9 Å². The average Bonchev–Trinajstić information content (AvgIpc) is 2.44. The fourth-order valence-corrected chi connectivity index (χ4v) is 1.83. The van der Waals surface area contributed by atoms with Crippen molar-refractivity contribution in [2.45, 2.75) is 26.8 Å². The van der Waals surface area contributed by atoms with Crippen molar-refractivity contribution in [3.63, 3.8) is 0 Å². The maximum Gasteiger partial charge on any atom is 0.331 e. The van der Waals surface area contributed by atoms with Crippen LogP contribution in [0.2, 0.25) is 0 Å². The van der Waals surface area contributed by atoms with E-state index in [1.807, 2.05) is 45.0 Å². The van der Waals surface area contributed by atoms with Crippen LogP contribution >= 0.6 is 15.9 Å². The molecule has 0 aromatic heterocycles. The first kappa shape index (κ1) is 17.4. The summed E-state index contributed by atoms with van der Waals surface area (Å²) in [6.07, 6.45) is 2.94. The Hall–Kier alpha value is -1.62. The van der Waals surface area contributed by atoms with Crippen LogP contribution in [0.4, 0.5) is 0 Å². The molecule has 0 fully saturated rings. The normalized spacial score (nSPS) is 12.4. The maximum absolute atomic E-state index is 11.6. The largest absolute Gasteiger partial charge is 0.452 e. The molecule has 0 spiro atoms. The molecule has 1 aromatic rings. The lowest BCUT2D eigenvalue weighted by atomic mass is 10.1. The first-order chi connectivity index (χ1) is 9.90. The van der Waals surface area contributed by atoms with Gasteiger partial charge in [0.05, 0.1) is 0 Å². The number of nitrogens with one attached hydrogen (secondary N) is 1. The Labute approximate surface area is 133 Å². The van der Waals surface area contributed by atoms with E-state index in [2.05, 4.69) is 21.2 Å². The van der Waals surface area contributed by atoms with Gasteiger partial charge in [-0.05, 0) is 30.5 Å². The van der Waals surface area contributed by atoms with Crippen molar-refractivity contribution in [3.8, 4) is 0 Å². The summed E-state index contributed by atoms with van der Waals surface area (Å²) in [4.78, 5) is 23.1. The van der Waals surface area contributed by atoms with Crippen molar-refractivity contribution < 1.29 is 14.3 Å². The van der Waals surface area contributed by atoms with Crippen LogP contribution in [0.3, 0.4) is 0 Å². The average molecular weight is 354 g/mol. The number of ether oxygens (including phenoxy) is 1. The lowest BCUT2D eigenvalue weighted by Gasteiger charge is -2.16. The smallest absolute Gasteiger partial charge is 0.331 e. The Bertz CT molecular complexity index is 526. The van der Waals surface area contributed by atoms with Crippen molar-refractivity contribution in [2.24, 2.45) is 5.92 Å². The van der Waals surface area contributed by atoms with Crippen LogP contribution in [0, 0.1) is 5.92 Å². The predicted molar refractivity (Wildman–Crippen MR) is 86.6 cm³/mol. The fourth-order valence-electron chi connectivity index (χ4n) is 1.42. The quantitative estimate of drug-likeness (QED) is 0.631. The second-order valence-corrected chi connectivity index (χ2v) is 5.92. The Morgan fingerprint density at radius 1 is 1.29 bits per heavy atom. The van der Waals surface area contributed by atoms with Gasteiger partial charge >= 0.3 is 5.97 Å². The molecule has 0 saturated carbocycles. The van der Waals surface area contributed by atoms with Gasteiger partial charge in [-0.2, -0.15) is 0 Å². The van der Waals surface area contributed by atoms with Gasteiger partial charge < -0.3 is 10.1 Å². The second kappa shape index (κ2) is 8.62. The van der Waals surface area contributed by atoms with Crippen LogP contribution in [-0.2, 0) is 14.3 Å². The topological polar surface area (TPSA) is 55.4 Å². The first-order valence-corrected chi connectivity index (χ1v) is 7.58. The molecule has 1 atom stereocenters. The summed E-state index contributed by atoms with van der Waals surface area (Å²) in [6.45, 7) is 5.67. The first-order valence-electron chi connectivity index (χ1n) is 6.79. The highest BCUT2D eigenvalue weighted by atomic mass is 79.9. The summed E-state index contributed by atoms with van der Waals surface area (Å²) < 4.78 is 5.78. The van der Waals surface area contributed by atoms with E-state index >= 15 is 0 Å². The Morgan fingerprint density at radius 3 is 2.57 bits per heavy atom. The molecule has 21 heavy (non-hydrogen) atoms. The molecule has 1 aromatic carbocycles. The molecule has 114 valence electrons. The summed E-state index contributed by atoms with van der Waals surface area (Å²) in [7, 11) is 0. The predicted octanol–water partition coefficient (Wildman–Crippen LogP) is 3.17. The molecule has 1 amide bonds. The van der Waals surface area contributed by atoms with Crippen molar-refractivity contribution in [2.75, 3.05) is 6.61 Å². The molecule has 0 aliphatic heterocycles. The number of halogens is 1. The van der Waals surface area contributed by atoms with E-state index in [1.54, 1.807) is 6.08 Å². The van der Waals surface area contributed by atoms with Crippen molar-refractivity contribution in [1.29, 1.82) is 0 Å². The van der Waals surface area contributed by atoms with E-state index in [9.17, 15) is 9.59 Å². The van der Waals surface area contributed by atoms with Gasteiger partial charge in [-0.15, -0.1) is 0 Å². The number of benzene rings is 1.